The number of rotatable bonds is 5. The third-order valence-corrected chi connectivity index (χ3v) is 3.43. The van der Waals surface area contributed by atoms with Gasteiger partial charge in [0.25, 0.3) is 0 Å². The summed E-state index contributed by atoms with van der Waals surface area (Å²) in [6.07, 6.45) is 5.99. The molecule has 3 nitrogen and oxygen atoms in total. The Bertz CT molecular complexity index is 502. The predicted molar refractivity (Wildman–Crippen MR) is 75.4 cm³/mol. The SMILES string of the molecule is c1ccc2c(c1)CC(CNCCc1ccncc1)O2. The van der Waals surface area contributed by atoms with Gasteiger partial charge >= 0.3 is 0 Å². The molecule has 1 aromatic heterocycles. The summed E-state index contributed by atoms with van der Waals surface area (Å²) in [5.41, 5.74) is 2.64. The second-order valence-corrected chi connectivity index (χ2v) is 4.86. The Morgan fingerprint density at radius 1 is 1.16 bits per heavy atom. The van der Waals surface area contributed by atoms with Gasteiger partial charge in [-0.05, 0) is 42.3 Å². The number of aromatic nitrogens is 1. The second-order valence-electron chi connectivity index (χ2n) is 4.86. The summed E-state index contributed by atoms with van der Waals surface area (Å²) >= 11 is 0. The summed E-state index contributed by atoms with van der Waals surface area (Å²) in [6.45, 7) is 1.87. The van der Waals surface area contributed by atoms with E-state index < -0.39 is 0 Å². The molecule has 2 heterocycles. The molecule has 0 radical (unpaired) electrons. The van der Waals surface area contributed by atoms with E-state index in [2.05, 4.69) is 34.6 Å². The average molecular weight is 254 g/mol. The van der Waals surface area contributed by atoms with E-state index in [4.69, 9.17) is 4.74 Å². The monoisotopic (exact) mass is 254 g/mol. The van der Waals surface area contributed by atoms with Gasteiger partial charge in [0.05, 0.1) is 0 Å². The maximum Gasteiger partial charge on any atom is 0.123 e. The van der Waals surface area contributed by atoms with Crippen LogP contribution in [-0.4, -0.2) is 24.2 Å². The Morgan fingerprint density at radius 3 is 2.84 bits per heavy atom. The molecule has 3 rings (SSSR count). The van der Waals surface area contributed by atoms with Crippen molar-refractivity contribution in [1.29, 1.82) is 0 Å². The summed E-state index contributed by atoms with van der Waals surface area (Å²) in [6, 6.07) is 12.4. The van der Waals surface area contributed by atoms with Crippen LogP contribution in [0.2, 0.25) is 0 Å². The largest absolute Gasteiger partial charge is 0.488 e. The molecule has 19 heavy (non-hydrogen) atoms. The number of hydrogen-bond acceptors (Lipinski definition) is 3. The number of ether oxygens (including phenoxy) is 1. The Morgan fingerprint density at radius 2 is 2.00 bits per heavy atom. The topological polar surface area (TPSA) is 34.2 Å². The zero-order valence-electron chi connectivity index (χ0n) is 10.9. The van der Waals surface area contributed by atoms with Crippen molar-refractivity contribution in [3.63, 3.8) is 0 Å². The third kappa shape index (κ3) is 3.12. The van der Waals surface area contributed by atoms with Crippen LogP contribution in [0.4, 0.5) is 0 Å². The summed E-state index contributed by atoms with van der Waals surface area (Å²) in [5, 5.41) is 3.47. The van der Waals surface area contributed by atoms with Crippen molar-refractivity contribution in [2.45, 2.75) is 18.9 Å². The number of nitrogens with one attached hydrogen (secondary N) is 1. The number of hydrogen-bond donors (Lipinski definition) is 1. The van der Waals surface area contributed by atoms with E-state index in [1.807, 2.05) is 24.5 Å². The van der Waals surface area contributed by atoms with Gasteiger partial charge in [0, 0.05) is 25.4 Å². The minimum Gasteiger partial charge on any atom is -0.488 e. The van der Waals surface area contributed by atoms with E-state index in [9.17, 15) is 0 Å². The Kier molecular flexibility index (Phi) is 3.75. The highest BCUT2D eigenvalue weighted by molar-refractivity contribution is 5.37. The minimum atomic E-state index is 0.273. The zero-order valence-corrected chi connectivity index (χ0v) is 10.9. The second kappa shape index (κ2) is 5.85. The minimum absolute atomic E-state index is 0.273. The molecular weight excluding hydrogens is 236 g/mol. The fourth-order valence-corrected chi connectivity index (χ4v) is 2.41. The van der Waals surface area contributed by atoms with Crippen molar-refractivity contribution in [2.75, 3.05) is 13.1 Å². The first-order chi connectivity index (χ1) is 9.42. The molecular formula is C16H18N2O. The van der Waals surface area contributed by atoms with E-state index in [0.717, 1.165) is 31.7 Å². The molecule has 0 amide bonds. The summed E-state index contributed by atoms with van der Waals surface area (Å²) < 4.78 is 5.89. The molecule has 2 aromatic rings. The predicted octanol–water partition coefficient (Wildman–Crippen LogP) is 2.22. The lowest BCUT2D eigenvalue weighted by Gasteiger charge is -2.11. The Balaban J connectivity index is 1.41. The van der Waals surface area contributed by atoms with E-state index in [-0.39, 0.29) is 6.10 Å². The van der Waals surface area contributed by atoms with Crippen LogP contribution in [0.1, 0.15) is 11.1 Å². The van der Waals surface area contributed by atoms with Crippen LogP contribution in [-0.2, 0) is 12.8 Å². The lowest BCUT2D eigenvalue weighted by atomic mass is 10.1. The van der Waals surface area contributed by atoms with E-state index in [1.54, 1.807) is 0 Å². The molecule has 1 aliphatic rings. The molecule has 0 fully saturated rings. The average Bonchev–Trinajstić information content (AvgIpc) is 2.87. The molecule has 1 atom stereocenters. The zero-order chi connectivity index (χ0) is 12.9. The van der Waals surface area contributed by atoms with E-state index >= 15 is 0 Å². The van der Waals surface area contributed by atoms with Gasteiger partial charge in [0.15, 0.2) is 0 Å². The van der Waals surface area contributed by atoms with Gasteiger partial charge in [-0.25, -0.2) is 0 Å². The number of nitrogens with zero attached hydrogens (tertiary/aromatic N) is 1. The van der Waals surface area contributed by atoms with Gasteiger partial charge in [-0.15, -0.1) is 0 Å². The number of pyridine rings is 1. The molecule has 0 aliphatic carbocycles. The van der Waals surface area contributed by atoms with Crippen molar-refractivity contribution in [3.8, 4) is 5.75 Å². The fraction of sp³-hybridized carbons (Fsp3) is 0.312. The summed E-state index contributed by atoms with van der Waals surface area (Å²) in [4.78, 5) is 4.02. The van der Waals surface area contributed by atoms with E-state index in [0.29, 0.717) is 0 Å². The van der Waals surface area contributed by atoms with Gasteiger partial charge in [-0.2, -0.15) is 0 Å². The molecule has 98 valence electrons. The van der Waals surface area contributed by atoms with Crippen LogP contribution in [0.15, 0.2) is 48.8 Å². The number of benzene rings is 1. The quantitative estimate of drug-likeness (QED) is 0.831. The molecule has 0 bridgehead atoms. The highest BCUT2D eigenvalue weighted by atomic mass is 16.5. The highest BCUT2D eigenvalue weighted by Gasteiger charge is 2.21. The Labute approximate surface area is 113 Å². The van der Waals surface area contributed by atoms with Crippen LogP contribution in [0.3, 0.4) is 0 Å². The van der Waals surface area contributed by atoms with Gasteiger partial charge < -0.3 is 10.1 Å². The lowest BCUT2D eigenvalue weighted by molar-refractivity contribution is 0.228. The molecule has 3 heteroatoms. The first-order valence-electron chi connectivity index (χ1n) is 6.76. The van der Waals surface area contributed by atoms with Crippen LogP contribution in [0.25, 0.3) is 0 Å². The lowest BCUT2D eigenvalue weighted by Crippen LogP contribution is -2.31. The normalized spacial score (nSPS) is 16.9. The van der Waals surface area contributed by atoms with Crippen molar-refractivity contribution in [3.05, 3.63) is 59.9 Å². The molecule has 0 saturated heterocycles. The molecule has 1 unspecified atom stereocenters. The molecule has 1 aliphatic heterocycles. The van der Waals surface area contributed by atoms with Gasteiger partial charge in [-0.1, -0.05) is 18.2 Å². The summed E-state index contributed by atoms with van der Waals surface area (Å²) in [7, 11) is 0. The molecule has 1 aromatic carbocycles. The van der Waals surface area contributed by atoms with Crippen LogP contribution >= 0.6 is 0 Å². The standard InChI is InChI=1S/C16H18N2O/c1-2-4-16-14(3-1)11-15(19-16)12-18-10-7-13-5-8-17-9-6-13/h1-6,8-9,15,18H,7,10-12H2. The van der Waals surface area contributed by atoms with Crippen molar-refractivity contribution >= 4 is 0 Å². The van der Waals surface area contributed by atoms with Crippen LogP contribution in [0, 0.1) is 0 Å². The number of para-hydroxylation sites is 1. The smallest absolute Gasteiger partial charge is 0.123 e. The van der Waals surface area contributed by atoms with Crippen molar-refractivity contribution in [1.82, 2.24) is 10.3 Å². The Hall–Kier alpha value is -1.87. The van der Waals surface area contributed by atoms with Crippen molar-refractivity contribution in [2.24, 2.45) is 0 Å². The first kappa shape index (κ1) is 12.2. The molecule has 0 saturated carbocycles. The maximum absolute atomic E-state index is 5.89. The maximum atomic E-state index is 5.89. The first-order valence-corrected chi connectivity index (χ1v) is 6.76. The van der Waals surface area contributed by atoms with Gasteiger partial charge in [0.1, 0.15) is 11.9 Å². The fourth-order valence-electron chi connectivity index (χ4n) is 2.41. The van der Waals surface area contributed by atoms with Crippen molar-refractivity contribution < 1.29 is 4.74 Å². The highest BCUT2D eigenvalue weighted by Crippen LogP contribution is 2.27. The third-order valence-electron chi connectivity index (χ3n) is 3.43. The molecule has 0 spiro atoms. The van der Waals surface area contributed by atoms with Gasteiger partial charge in [-0.3, -0.25) is 4.98 Å². The van der Waals surface area contributed by atoms with Crippen LogP contribution < -0.4 is 10.1 Å². The van der Waals surface area contributed by atoms with Gasteiger partial charge in [0.2, 0.25) is 0 Å². The van der Waals surface area contributed by atoms with E-state index in [1.165, 1.54) is 11.1 Å². The summed E-state index contributed by atoms with van der Waals surface area (Å²) in [5.74, 6) is 1.04. The molecule has 1 N–H and O–H groups in total. The number of fused-ring (bicyclic) bond motifs is 1. The van der Waals surface area contributed by atoms with Crippen LogP contribution in [0.5, 0.6) is 5.75 Å².